The monoisotopic (exact) mass is 584 g/mol. The molecular formula is C27H32N6O7S. The van der Waals surface area contributed by atoms with Crippen LogP contribution in [0.4, 0.5) is 5.95 Å². The fraction of sp³-hybridized carbons (Fsp3) is 0.370. The topological polar surface area (TPSA) is 192 Å². The van der Waals surface area contributed by atoms with E-state index in [2.05, 4.69) is 30.5 Å². The number of oxime groups is 1. The molecule has 1 aliphatic heterocycles. The number of aliphatic carboxylic acids is 1. The molecule has 0 fully saturated rings. The Morgan fingerprint density at radius 1 is 1.15 bits per heavy atom. The van der Waals surface area contributed by atoms with Crippen molar-refractivity contribution in [2.45, 2.75) is 63.5 Å². The van der Waals surface area contributed by atoms with E-state index in [0.29, 0.717) is 29.9 Å². The molecule has 4 rings (SSSR count). The van der Waals surface area contributed by atoms with Crippen LogP contribution in [-0.2, 0) is 29.2 Å². The van der Waals surface area contributed by atoms with E-state index in [0.717, 1.165) is 16.6 Å². The Labute approximate surface area is 236 Å². The number of nitrogens with zero attached hydrogens (tertiary/aromatic N) is 2. The zero-order valence-corrected chi connectivity index (χ0v) is 23.7. The standard InChI is InChI=1S/C27H32N6O7S/c1-15-11-16(2)24(17(3)12-15)41(38,39)33-22(26(36)37)14-28-25(35)21-13-18(40-32-21)7-6-10-23(34)31-27-29-19-8-4-5-9-20(19)30-27/h4-5,8-9,11-12,18,22,33H,6-7,10,13-14H2,1-3H3,(H,28,35)(H,36,37)(H2,29,30,31,34). The van der Waals surface area contributed by atoms with Gasteiger partial charge in [-0.25, -0.2) is 13.4 Å². The molecule has 14 heteroatoms. The number of anilines is 1. The van der Waals surface area contributed by atoms with Crippen LogP contribution in [0.5, 0.6) is 0 Å². The summed E-state index contributed by atoms with van der Waals surface area (Å²) in [6.07, 6.45) is 0.889. The zero-order chi connectivity index (χ0) is 29.7. The highest BCUT2D eigenvalue weighted by Crippen LogP contribution is 2.22. The van der Waals surface area contributed by atoms with E-state index in [1.807, 2.05) is 31.2 Å². The molecular weight excluding hydrogens is 552 g/mol. The van der Waals surface area contributed by atoms with Gasteiger partial charge in [0.2, 0.25) is 21.9 Å². The van der Waals surface area contributed by atoms with Gasteiger partial charge in [0.15, 0.2) is 0 Å². The van der Waals surface area contributed by atoms with Crippen molar-refractivity contribution in [1.29, 1.82) is 0 Å². The highest BCUT2D eigenvalue weighted by atomic mass is 32.2. The number of benzene rings is 2. The number of imidazole rings is 1. The summed E-state index contributed by atoms with van der Waals surface area (Å²) in [5, 5.41) is 18.5. The number of aryl methyl sites for hydroxylation is 3. The second-order valence-electron chi connectivity index (χ2n) is 9.96. The molecule has 5 N–H and O–H groups in total. The number of fused-ring (bicyclic) bond motifs is 1. The third-order valence-electron chi connectivity index (χ3n) is 6.51. The van der Waals surface area contributed by atoms with E-state index in [1.165, 1.54) is 0 Å². The summed E-state index contributed by atoms with van der Waals surface area (Å²) < 4.78 is 28.1. The van der Waals surface area contributed by atoms with Crippen molar-refractivity contribution < 1.29 is 32.7 Å². The molecule has 0 spiro atoms. The number of amides is 2. The number of nitrogens with one attached hydrogen (secondary N) is 4. The van der Waals surface area contributed by atoms with E-state index in [4.69, 9.17) is 4.84 Å². The van der Waals surface area contributed by atoms with Crippen molar-refractivity contribution in [3.8, 4) is 0 Å². The van der Waals surface area contributed by atoms with E-state index in [-0.39, 0.29) is 29.4 Å². The average molecular weight is 585 g/mol. The van der Waals surface area contributed by atoms with Gasteiger partial charge < -0.3 is 20.2 Å². The number of carbonyl (C=O) groups excluding carboxylic acids is 2. The molecule has 1 aliphatic rings. The third kappa shape index (κ3) is 7.46. The molecule has 218 valence electrons. The summed E-state index contributed by atoms with van der Waals surface area (Å²) >= 11 is 0. The van der Waals surface area contributed by atoms with Crippen molar-refractivity contribution in [1.82, 2.24) is 20.0 Å². The summed E-state index contributed by atoms with van der Waals surface area (Å²) in [7, 11) is -4.18. The van der Waals surface area contributed by atoms with E-state index in [9.17, 15) is 27.9 Å². The number of sulfonamides is 1. The maximum absolute atomic E-state index is 13.0. The highest BCUT2D eigenvalue weighted by molar-refractivity contribution is 7.89. The van der Waals surface area contributed by atoms with Gasteiger partial charge in [-0.15, -0.1) is 0 Å². The molecule has 1 aromatic heterocycles. The molecule has 2 unspecified atom stereocenters. The zero-order valence-electron chi connectivity index (χ0n) is 22.9. The van der Waals surface area contributed by atoms with E-state index in [1.54, 1.807) is 26.0 Å². The molecule has 0 radical (unpaired) electrons. The second kappa shape index (κ2) is 12.5. The number of aromatic amines is 1. The lowest BCUT2D eigenvalue weighted by Gasteiger charge is -2.18. The number of carboxylic acid groups (broad SMARTS) is 1. The molecule has 41 heavy (non-hydrogen) atoms. The van der Waals surface area contributed by atoms with Crippen molar-refractivity contribution >= 4 is 50.5 Å². The smallest absolute Gasteiger partial charge is 0.323 e. The number of aromatic nitrogens is 2. The summed E-state index contributed by atoms with van der Waals surface area (Å²) in [6, 6.07) is 9.20. The minimum atomic E-state index is -4.18. The van der Waals surface area contributed by atoms with Gasteiger partial charge in [-0.1, -0.05) is 35.0 Å². The van der Waals surface area contributed by atoms with E-state index < -0.39 is 40.6 Å². The molecule has 0 saturated heterocycles. The van der Waals surface area contributed by atoms with Gasteiger partial charge in [0.1, 0.15) is 17.9 Å². The van der Waals surface area contributed by atoms with Crippen molar-refractivity contribution in [3.63, 3.8) is 0 Å². The first-order valence-corrected chi connectivity index (χ1v) is 14.5. The summed E-state index contributed by atoms with van der Waals surface area (Å²) in [6.45, 7) is 4.60. The molecule has 0 bridgehead atoms. The van der Waals surface area contributed by atoms with Crippen molar-refractivity contribution in [2.24, 2.45) is 5.16 Å². The summed E-state index contributed by atoms with van der Waals surface area (Å²) in [5.74, 6) is -1.97. The molecule has 0 saturated carbocycles. The fourth-order valence-corrected chi connectivity index (χ4v) is 6.37. The minimum absolute atomic E-state index is 0.00311. The van der Waals surface area contributed by atoms with Crippen LogP contribution >= 0.6 is 0 Å². The van der Waals surface area contributed by atoms with Gasteiger partial charge in [-0.05, 0) is 56.9 Å². The number of carboxylic acids is 1. The quantitative estimate of drug-likeness (QED) is 0.214. The van der Waals surface area contributed by atoms with Gasteiger partial charge in [-0.3, -0.25) is 19.7 Å². The fourth-order valence-electron chi connectivity index (χ4n) is 4.73. The maximum Gasteiger partial charge on any atom is 0.323 e. The minimum Gasteiger partial charge on any atom is -0.480 e. The Hall–Kier alpha value is -4.30. The molecule has 2 amide bonds. The molecule has 2 aromatic carbocycles. The Morgan fingerprint density at radius 3 is 2.54 bits per heavy atom. The largest absolute Gasteiger partial charge is 0.480 e. The summed E-state index contributed by atoms with van der Waals surface area (Å²) in [4.78, 5) is 49.3. The van der Waals surface area contributed by atoms with Crippen LogP contribution in [0.2, 0.25) is 0 Å². The third-order valence-corrected chi connectivity index (χ3v) is 8.28. The highest BCUT2D eigenvalue weighted by Gasteiger charge is 2.30. The van der Waals surface area contributed by atoms with Gasteiger partial charge in [0.25, 0.3) is 5.91 Å². The maximum atomic E-state index is 13.0. The Kier molecular flexibility index (Phi) is 9.03. The number of para-hydroxylation sites is 2. The van der Waals surface area contributed by atoms with Gasteiger partial charge in [0, 0.05) is 19.4 Å². The molecule has 2 atom stereocenters. The predicted molar refractivity (Wildman–Crippen MR) is 151 cm³/mol. The van der Waals surface area contributed by atoms with Gasteiger partial charge in [0.05, 0.1) is 15.9 Å². The first kappa shape index (κ1) is 29.7. The van der Waals surface area contributed by atoms with Crippen molar-refractivity contribution in [2.75, 3.05) is 11.9 Å². The second-order valence-corrected chi connectivity index (χ2v) is 11.6. The first-order valence-electron chi connectivity index (χ1n) is 13.0. The van der Waals surface area contributed by atoms with Gasteiger partial charge >= 0.3 is 5.97 Å². The summed E-state index contributed by atoms with van der Waals surface area (Å²) in [5.41, 5.74) is 3.46. The van der Waals surface area contributed by atoms with Crippen molar-refractivity contribution in [3.05, 3.63) is 53.1 Å². The van der Waals surface area contributed by atoms with Crippen LogP contribution in [0.15, 0.2) is 46.4 Å². The predicted octanol–water partition coefficient (Wildman–Crippen LogP) is 2.29. The normalized spacial score (nSPS) is 15.7. The number of H-pyrrole nitrogens is 1. The Bertz CT molecular complexity index is 1560. The lowest BCUT2D eigenvalue weighted by molar-refractivity contribution is -0.138. The van der Waals surface area contributed by atoms with Crippen LogP contribution < -0.4 is 15.4 Å². The lowest BCUT2D eigenvalue weighted by atomic mass is 10.1. The first-order chi connectivity index (χ1) is 19.4. The van der Waals surface area contributed by atoms with Crippen LogP contribution in [0.3, 0.4) is 0 Å². The molecule has 3 aromatic rings. The Morgan fingerprint density at radius 2 is 1.85 bits per heavy atom. The molecule has 2 heterocycles. The lowest BCUT2D eigenvalue weighted by Crippen LogP contribution is -2.49. The van der Waals surface area contributed by atoms with Crippen LogP contribution in [0.1, 0.15) is 42.4 Å². The average Bonchev–Trinajstić information content (AvgIpc) is 3.52. The number of hydrogen-bond donors (Lipinski definition) is 5. The Balaban J connectivity index is 1.22. The van der Waals surface area contributed by atoms with Gasteiger partial charge in [-0.2, -0.15) is 4.72 Å². The van der Waals surface area contributed by atoms with Crippen LogP contribution in [-0.4, -0.2) is 65.7 Å². The van der Waals surface area contributed by atoms with E-state index >= 15 is 0 Å². The number of rotatable bonds is 12. The molecule has 13 nitrogen and oxygen atoms in total. The number of carbonyl (C=O) groups is 3. The molecule has 0 aliphatic carbocycles. The number of hydrogen-bond acceptors (Lipinski definition) is 8. The van der Waals surface area contributed by atoms with Crippen LogP contribution in [0.25, 0.3) is 11.0 Å². The van der Waals surface area contributed by atoms with Crippen LogP contribution in [0, 0.1) is 20.8 Å². The SMILES string of the molecule is Cc1cc(C)c(S(=O)(=O)NC(CNC(=O)C2=NOC(CCCC(=O)Nc3nc4ccccc4[nH]3)C2)C(=O)O)c(C)c1.